The third-order valence-electron chi connectivity index (χ3n) is 3.00. The van der Waals surface area contributed by atoms with E-state index in [4.69, 9.17) is 5.73 Å². The van der Waals surface area contributed by atoms with Crippen molar-refractivity contribution in [1.29, 1.82) is 0 Å². The van der Waals surface area contributed by atoms with Gasteiger partial charge in [0, 0.05) is 5.41 Å². The topological polar surface area (TPSA) is 55.1 Å². The molecule has 1 atom stereocenters. The number of amides is 1. The minimum atomic E-state index is -0.551. The molecule has 0 spiro atoms. The second-order valence-electron chi connectivity index (χ2n) is 4.36. The lowest BCUT2D eigenvalue weighted by Gasteiger charge is -2.24. The van der Waals surface area contributed by atoms with Gasteiger partial charge in [0.1, 0.15) is 11.9 Å². The van der Waals surface area contributed by atoms with Crippen LogP contribution >= 0.6 is 0 Å². The first-order valence-electron chi connectivity index (χ1n) is 4.79. The number of nitrogens with one attached hydrogen (secondary N) is 1. The van der Waals surface area contributed by atoms with Crippen molar-refractivity contribution >= 4 is 11.6 Å². The summed E-state index contributed by atoms with van der Waals surface area (Å²) in [7, 11) is 0. The molecule has 1 heterocycles. The van der Waals surface area contributed by atoms with Crippen LogP contribution in [0, 0.1) is 5.82 Å². The normalized spacial score (nSPS) is 21.9. The number of hydrogen-bond acceptors (Lipinski definition) is 2. The molecule has 0 bridgehead atoms. The Morgan fingerprint density at radius 1 is 1.53 bits per heavy atom. The molecule has 0 radical (unpaired) electrons. The zero-order valence-electron chi connectivity index (χ0n) is 8.67. The van der Waals surface area contributed by atoms with Crippen molar-refractivity contribution in [2.45, 2.75) is 25.3 Å². The summed E-state index contributed by atoms with van der Waals surface area (Å²) >= 11 is 0. The van der Waals surface area contributed by atoms with E-state index >= 15 is 0 Å². The maximum Gasteiger partial charge on any atom is 0.240 e. The summed E-state index contributed by atoms with van der Waals surface area (Å²) in [4.78, 5) is 11.2. The Kier molecular flexibility index (Phi) is 1.96. The van der Waals surface area contributed by atoms with Crippen LogP contribution in [0.2, 0.25) is 0 Å². The van der Waals surface area contributed by atoms with Crippen LogP contribution in [-0.4, -0.2) is 11.9 Å². The summed E-state index contributed by atoms with van der Waals surface area (Å²) in [5.74, 6) is -0.806. The lowest BCUT2D eigenvalue weighted by atomic mass is 9.80. The molecule has 1 aliphatic rings. The van der Waals surface area contributed by atoms with Gasteiger partial charge in [0.2, 0.25) is 5.91 Å². The minimum Gasteiger partial charge on any atom is -0.370 e. The number of nitrogens with two attached hydrogens (primary N) is 1. The zero-order valence-corrected chi connectivity index (χ0v) is 8.67. The first-order chi connectivity index (χ1) is 6.94. The molecule has 3 nitrogen and oxygen atoms in total. The Hall–Kier alpha value is -1.58. The highest BCUT2D eigenvalue weighted by molar-refractivity contribution is 5.88. The Morgan fingerprint density at radius 2 is 2.20 bits per heavy atom. The van der Waals surface area contributed by atoms with Crippen molar-refractivity contribution in [3.8, 4) is 0 Å². The summed E-state index contributed by atoms with van der Waals surface area (Å²) in [5, 5.41) is 2.84. The SMILES string of the molecule is CC1(C)c2cccc(F)c2N[C@@H]1C(N)=O. The number of hydrogen-bond donors (Lipinski definition) is 2. The Morgan fingerprint density at radius 3 is 2.73 bits per heavy atom. The molecule has 0 saturated heterocycles. The van der Waals surface area contributed by atoms with Crippen molar-refractivity contribution in [3.63, 3.8) is 0 Å². The fourth-order valence-corrected chi connectivity index (χ4v) is 2.11. The van der Waals surface area contributed by atoms with E-state index in [0.29, 0.717) is 5.69 Å². The fourth-order valence-electron chi connectivity index (χ4n) is 2.11. The molecule has 2 rings (SSSR count). The Bertz CT molecular complexity index is 429. The van der Waals surface area contributed by atoms with Crippen LogP contribution in [0.25, 0.3) is 0 Å². The smallest absolute Gasteiger partial charge is 0.240 e. The van der Waals surface area contributed by atoms with Gasteiger partial charge in [0.15, 0.2) is 0 Å². The van der Waals surface area contributed by atoms with Gasteiger partial charge in [-0.15, -0.1) is 0 Å². The van der Waals surface area contributed by atoms with E-state index in [0.717, 1.165) is 5.56 Å². The molecule has 0 fully saturated rings. The highest BCUT2D eigenvalue weighted by Gasteiger charge is 2.43. The van der Waals surface area contributed by atoms with E-state index in [1.165, 1.54) is 6.07 Å². The highest BCUT2D eigenvalue weighted by atomic mass is 19.1. The summed E-state index contributed by atoms with van der Waals surface area (Å²) < 4.78 is 13.5. The molecule has 15 heavy (non-hydrogen) atoms. The van der Waals surface area contributed by atoms with Crippen LogP contribution in [0.1, 0.15) is 19.4 Å². The molecule has 1 aromatic carbocycles. The molecular weight excluding hydrogens is 195 g/mol. The van der Waals surface area contributed by atoms with E-state index in [2.05, 4.69) is 5.32 Å². The lowest BCUT2D eigenvalue weighted by molar-refractivity contribution is -0.119. The average molecular weight is 208 g/mol. The van der Waals surface area contributed by atoms with Crippen molar-refractivity contribution in [3.05, 3.63) is 29.6 Å². The quantitative estimate of drug-likeness (QED) is 0.732. The summed E-state index contributed by atoms with van der Waals surface area (Å²) in [6, 6.07) is 4.27. The Labute approximate surface area is 87.5 Å². The van der Waals surface area contributed by atoms with Gasteiger partial charge in [-0.1, -0.05) is 26.0 Å². The van der Waals surface area contributed by atoms with E-state index in [9.17, 15) is 9.18 Å². The maximum absolute atomic E-state index is 13.5. The van der Waals surface area contributed by atoms with E-state index in [1.54, 1.807) is 6.07 Å². The lowest BCUT2D eigenvalue weighted by Crippen LogP contribution is -2.44. The van der Waals surface area contributed by atoms with E-state index in [1.807, 2.05) is 19.9 Å². The molecule has 4 heteroatoms. The standard InChI is InChI=1S/C11H13FN2O/c1-11(2)6-4-3-5-7(12)8(6)14-9(11)10(13)15/h3-5,9,14H,1-2H3,(H2,13,15)/t9-/m1/s1. The molecular formula is C11H13FN2O. The number of primary amides is 1. The fraction of sp³-hybridized carbons (Fsp3) is 0.364. The third kappa shape index (κ3) is 1.28. The van der Waals surface area contributed by atoms with Gasteiger partial charge < -0.3 is 11.1 Å². The largest absolute Gasteiger partial charge is 0.370 e. The number of rotatable bonds is 1. The van der Waals surface area contributed by atoms with Crippen molar-refractivity contribution in [2.75, 3.05) is 5.32 Å². The molecule has 1 aliphatic heterocycles. The monoisotopic (exact) mass is 208 g/mol. The molecule has 0 aromatic heterocycles. The first kappa shape index (κ1) is 9.96. The van der Waals surface area contributed by atoms with E-state index in [-0.39, 0.29) is 5.82 Å². The number of benzene rings is 1. The maximum atomic E-state index is 13.5. The van der Waals surface area contributed by atoms with Crippen LogP contribution in [0.4, 0.5) is 10.1 Å². The second kappa shape index (κ2) is 2.95. The van der Waals surface area contributed by atoms with Gasteiger partial charge in [0.05, 0.1) is 5.69 Å². The predicted octanol–water partition coefficient (Wildman–Crippen LogP) is 1.38. The zero-order chi connectivity index (χ0) is 11.2. The summed E-state index contributed by atoms with van der Waals surface area (Å²) in [6.07, 6.45) is 0. The van der Waals surface area contributed by atoms with E-state index < -0.39 is 17.4 Å². The van der Waals surface area contributed by atoms with Gasteiger partial charge in [-0.25, -0.2) is 4.39 Å². The second-order valence-corrected chi connectivity index (χ2v) is 4.36. The minimum absolute atomic E-state index is 0.343. The predicted molar refractivity (Wildman–Crippen MR) is 56.0 cm³/mol. The number of carbonyl (C=O) groups excluding carboxylic acids is 1. The van der Waals surface area contributed by atoms with Gasteiger partial charge in [-0.2, -0.15) is 0 Å². The number of para-hydroxylation sites is 1. The number of anilines is 1. The van der Waals surface area contributed by atoms with Gasteiger partial charge >= 0.3 is 0 Å². The van der Waals surface area contributed by atoms with Gasteiger partial charge in [-0.3, -0.25) is 4.79 Å². The summed E-state index contributed by atoms with van der Waals surface area (Å²) in [5.41, 5.74) is 6.00. The molecule has 0 unspecified atom stereocenters. The van der Waals surface area contributed by atoms with Crippen LogP contribution in [0.3, 0.4) is 0 Å². The number of fused-ring (bicyclic) bond motifs is 1. The van der Waals surface area contributed by atoms with Crippen molar-refractivity contribution in [2.24, 2.45) is 5.73 Å². The molecule has 80 valence electrons. The van der Waals surface area contributed by atoms with Crippen LogP contribution in [-0.2, 0) is 10.2 Å². The van der Waals surface area contributed by atoms with Crippen molar-refractivity contribution < 1.29 is 9.18 Å². The number of carbonyl (C=O) groups is 1. The molecule has 3 N–H and O–H groups in total. The molecule has 1 amide bonds. The van der Waals surface area contributed by atoms with Gasteiger partial charge in [0.25, 0.3) is 0 Å². The van der Waals surface area contributed by atoms with Crippen molar-refractivity contribution in [1.82, 2.24) is 0 Å². The average Bonchev–Trinajstić information content (AvgIpc) is 2.40. The molecule has 1 aromatic rings. The third-order valence-corrected chi connectivity index (χ3v) is 3.00. The summed E-state index contributed by atoms with van der Waals surface area (Å²) in [6.45, 7) is 3.75. The number of halogens is 1. The van der Waals surface area contributed by atoms with Crippen LogP contribution < -0.4 is 11.1 Å². The Balaban J connectivity index is 2.56. The van der Waals surface area contributed by atoms with Crippen LogP contribution in [0.15, 0.2) is 18.2 Å². The molecule has 0 aliphatic carbocycles. The highest BCUT2D eigenvalue weighted by Crippen LogP contribution is 2.41. The first-order valence-corrected chi connectivity index (χ1v) is 4.79. The van der Waals surface area contributed by atoms with Gasteiger partial charge in [-0.05, 0) is 11.6 Å². The van der Waals surface area contributed by atoms with Crippen LogP contribution in [0.5, 0.6) is 0 Å². The molecule has 0 saturated carbocycles.